The van der Waals surface area contributed by atoms with Gasteiger partial charge in [0.15, 0.2) is 11.5 Å². The largest absolute Gasteiger partial charge is 0.504 e. The second-order valence-corrected chi connectivity index (χ2v) is 6.98. The minimum Gasteiger partial charge on any atom is -0.504 e. The van der Waals surface area contributed by atoms with Crippen LogP contribution in [-0.2, 0) is 11.2 Å². The maximum absolute atomic E-state index is 12.5. The Labute approximate surface area is 132 Å². The molecule has 1 saturated heterocycles. The maximum atomic E-state index is 12.5. The van der Waals surface area contributed by atoms with E-state index in [1.54, 1.807) is 13.2 Å². The number of carbonyl (C=O) groups is 1. The highest BCUT2D eigenvalue weighted by atomic mass is 16.5. The van der Waals surface area contributed by atoms with Gasteiger partial charge in [-0.3, -0.25) is 9.69 Å². The maximum Gasteiger partial charge on any atom is 0.160 e. The lowest BCUT2D eigenvalue weighted by Crippen LogP contribution is -2.46. The third-order valence-electron chi connectivity index (χ3n) is 4.97. The molecule has 0 radical (unpaired) electrons. The molecule has 1 aromatic carbocycles. The number of benzene rings is 1. The molecular formula is C18H25NO3. The molecule has 1 N–H and O–H groups in total. The lowest BCUT2D eigenvalue weighted by molar-refractivity contribution is -0.129. The van der Waals surface area contributed by atoms with Gasteiger partial charge in [-0.15, -0.1) is 0 Å². The molecule has 0 saturated carbocycles. The van der Waals surface area contributed by atoms with E-state index in [9.17, 15) is 9.90 Å². The van der Waals surface area contributed by atoms with E-state index >= 15 is 0 Å². The molecule has 0 amide bonds. The number of hydrogen-bond acceptors (Lipinski definition) is 4. The fourth-order valence-electron chi connectivity index (χ4n) is 3.91. The van der Waals surface area contributed by atoms with E-state index in [0.717, 1.165) is 37.1 Å². The number of phenols is 1. The summed E-state index contributed by atoms with van der Waals surface area (Å²) in [6.45, 7) is 6.19. The van der Waals surface area contributed by atoms with Crippen molar-refractivity contribution >= 4 is 5.78 Å². The Balaban J connectivity index is 1.88. The number of aromatic hydroxyl groups is 1. The fourth-order valence-corrected chi connectivity index (χ4v) is 3.91. The first kappa shape index (κ1) is 15.3. The van der Waals surface area contributed by atoms with E-state index in [2.05, 4.69) is 18.7 Å². The molecular weight excluding hydrogens is 278 g/mol. The average molecular weight is 303 g/mol. The molecule has 2 atom stereocenters. The normalized spacial score (nSPS) is 25.0. The number of nitrogens with zero attached hydrogens (tertiary/aromatic N) is 1. The minimum absolute atomic E-state index is 0.147. The fraction of sp³-hybridized carbons (Fsp3) is 0.611. The highest BCUT2D eigenvalue weighted by Gasteiger charge is 2.38. The Morgan fingerprint density at radius 1 is 1.41 bits per heavy atom. The van der Waals surface area contributed by atoms with Gasteiger partial charge in [0, 0.05) is 31.5 Å². The smallest absolute Gasteiger partial charge is 0.160 e. The Morgan fingerprint density at radius 3 is 2.86 bits per heavy atom. The van der Waals surface area contributed by atoms with Gasteiger partial charge < -0.3 is 9.84 Å². The van der Waals surface area contributed by atoms with E-state index in [4.69, 9.17) is 4.74 Å². The van der Waals surface area contributed by atoms with Gasteiger partial charge in [-0.1, -0.05) is 13.8 Å². The van der Waals surface area contributed by atoms with Crippen molar-refractivity contribution in [3.63, 3.8) is 0 Å². The van der Waals surface area contributed by atoms with Crippen molar-refractivity contribution in [2.45, 2.75) is 39.2 Å². The molecule has 120 valence electrons. The second kappa shape index (κ2) is 5.92. The topological polar surface area (TPSA) is 49.8 Å². The van der Waals surface area contributed by atoms with Crippen molar-refractivity contribution in [1.29, 1.82) is 0 Å². The summed E-state index contributed by atoms with van der Waals surface area (Å²) in [4.78, 5) is 14.9. The number of piperidine rings is 1. The number of carbonyl (C=O) groups excluding carboxylic acids is 1. The van der Waals surface area contributed by atoms with E-state index in [1.807, 2.05) is 6.07 Å². The Kier molecular flexibility index (Phi) is 4.13. The SMILES string of the molecule is COc1cc2c(cc1O)CCN1CC(CC(C)C)C(=O)C[C@H]21. The van der Waals surface area contributed by atoms with Gasteiger partial charge in [0.2, 0.25) is 0 Å². The van der Waals surface area contributed by atoms with Crippen molar-refractivity contribution < 1.29 is 14.6 Å². The van der Waals surface area contributed by atoms with Crippen LogP contribution < -0.4 is 4.74 Å². The number of ether oxygens (including phenoxy) is 1. The van der Waals surface area contributed by atoms with Crippen LogP contribution in [0.1, 0.15) is 43.9 Å². The molecule has 1 aromatic rings. The summed E-state index contributed by atoms with van der Waals surface area (Å²) in [6, 6.07) is 3.86. The molecule has 2 aliphatic heterocycles. The van der Waals surface area contributed by atoms with Gasteiger partial charge >= 0.3 is 0 Å². The predicted octanol–water partition coefficient (Wildman–Crippen LogP) is 2.94. The molecule has 1 unspecified atom stereocenters. The van der Waals surface area contributed by atoms with Crippen LogP contribution in [0, 0.1) is 11.8 Å². The van der Waals surface area contributed by atoms with Crippen molar-refractivity contribution in [3.05, 3.63) is 23.3 Å². The van der Waals surface area contributed by atoms with Crippen LogP contribution in [0.5, 0.6) is 11.5 Å². The lowest BCUT2D eigenvalue weighted by Gasteiger charge is -2.43. The third kappa shape index (κ3) is 2.72. The van der Waals surface area contributed by atoms with Crippen LogP contribution in [0.2, 0.25) is 0 Å². The summed E-state index contributed by atoms with van der Waals surface area (Å²) in [5, 5.41) is 9.95. The van der Waals surface area contributed by atoms with Crippen LogP contribution in [0.3, 0.4) is 0 Å². The van der Waals surface area contributed by atoms with Gasteiger partial charge in [0.1, 0.15) is 5.78 Å². The van der Waals surface area contributed by atoms with Crippen molar-refractivity contribution in [2.75, 3.05) is 20.2 Å². The van der Waals surface area contributed by atoms with Gasteiger partial charge in [-0.2, -0.15) is 0 Å². The number of Topliss-reactive ketones (excluding diaryl/α,β-unsaturated/α-hetero) is 1. The first-order valence-electron chi connectivity index (χ1n) is 8.16. The van der Waals surface area contributed by atoms with Crippen molar-refractivity contribution in [1.82, 2.24) is 4.90 Å². The van der Waals surface area contributed by atoms with E-state index in [1.165, 1.54) is 0 Å². The predicted molar refractivity (Wildman–Crippen MR) is 85.2 cm³/mol. The quantitative estimate of drug-likeness (QED) is 0.933. The number of methoxy groups -OCH3 is 1. The molecule has 4 nitrogen and oxygen atoms in total. The zero-order valence-corrected chi connectivity index (χ0v) is 13.6. The molecule has 2 heterocycles. The van der Waals surface area contributed by atoms with Gasteiger partial charge in [0.25, 0.3) is 0 Å². The summed E-state index contributed by atoms with van der Waals surface area (Å²) < 4.78 is 5.24. The standard InChI is InChI=1S/C18H25NO3/c1-11(2)6-13-10-19-5-4-12-7-17(21)18(22-3)8-14(12)15(19)9-16(13)20/h7-8,11,13,15,21H,4-6,9-10H2,1-3H3/t13?,15-/m1/s1. The Hall–Kier alpha value is -1.55. The summed E-state index contributed by atoms with van der Waals surface area (Å²) >= 11 is 0. The second-order valence-electron chi connectivity index (χ2n) is 6.98. The molecule has 4 heteroatoms. The summed E-state index contributed by atoms with van der Waals surface area (Å²) in [7, 11) is 1.56. The summed E-state index contributed by atoms with van der Waals surface area (Å²) in [6.07, 6.45) is 2.48. The summed E-state index contributed by atoms with van der Waals surface area (Å²) in [5.74, 6) is 1.80. The number of phenolic OH excluding ortho intramolecular Hbond substituents is 1. The molecule has 0 spiro atoms. The third-order valence-corrected chi connectivity index (χ3v) is 4.97. The highest BCUT2D eigenvalue weighted by molar-refractivity contribution is 5.83. The lowest BCUT2D eigenvalue weighted by atomic mass is 9.80. The first-order valence-corrected chi connectivity index (χ1v) is 8.16. The number of ketones is 1. The molecule has 1 fully saturated rings. The van der Waals surface area contributed by atoms with Crippen LogP contribution in [0.4, 0.5) is 0 Å². The Morgan fingerprint density at radius 2 is 2.18 bits per heavy atom. The first-order chi connectivity index (χ1) is 10.5. The highest BCUT2D eigenvalue weighted by Crippen LogP contribution is 2.42. The van der Waals surface area contributed by atoms with Crippen LogP contribution in [0.15, 0.2) is 12.1 Å². The molecule has 0 aliphatic carbocycles. The number of rotatable bonds is 3. The van der Waals surface area contributed by atoms with Gasteiger partial charge in [0.05, 0.1) is 7.11 Å². The van der Waals surface area contributed by atoms with E-state index in [0.29, 0.717) is 23.9 Å². The van der Waals surface area contributed by atoms with Crippen molar-refractivity contribution in [3.8, 4) is 11.5 Å². The summed E-state index contributed by atoms with van der Waals surface area (Å²) in [5.41, 5.74) is 2.30. The van der Waals surface area contributed by atoms with Crippen LogP contribution in [0.25, 0.3) is 0 Å². The zero-order chi connectivity index (χ0) is 15.9. The Bertz CT molecular complexity index is 582. The number of fused-ring (bicyclic) bond motifs is 3. The van der Waals surface area contributed by atoms with Gasteiger partial charge in [-0.25, -0.2) is 0 Å². The molecule has 0 bridgehead atoms. The minimum atomic E-state index is 0.147. The van der Waals surface area contributed by atoms with Crippen LogP contribution in [-0.4, -0.2) is 36.0 Å². The monoisotopic (exact) mass is 303 g/mol. The van der Waals surface area contributed by atoms with E-state index < -0.39 is 0 Å². The number of hydrogen-bond donors (Lipinski definition) is 1. The van der Waals surface area contributed by atoms with Crippen LogP contribution >= 0.6 is 0 Å². The molecule has 2 aliphatic rings. The van der Waals surface area contributed by atoms with Crippen molar-refractivity contribution in [2.24, 2.45) is 11.8 Å². The molecule has 3 rings (SSSR count). The zero-order valence-electron chi connectivity index (χ0n) is 13.6. The molecule has 0 aromatic heterocycles. The van der Waals surface area contributed by atoms with E-state index in [-0.39, 0.29) is 17.7 Å². The molecule has 22 heavy (non-hydrogen) atoms. The van der Waals surface area contributed by atoms with Gasteiger partial charge in [-0.05, 0) is 42.0 Å². The average Bonchev–Trinajstić information content (AvgIpc) is 2.47.